The summed E-state index contributed by atoms with van der Waals surface area (Å²) in [5, 5.41) is 8.05. The third-order valence-electron chi connectivity index (χ3n) is 4.89. The van der Waals surface area contributed by atoms with E-state index in [9.17, 15) is 4.79 Å². The molecule has 4 aromatic rings. The number of pyridine rings is 1. The van der Waals surface area contributed by atoms with Crippen LogP contribution in [0, 0.1) is 0 Å². The highest BCUT2D eigenvalue weighted by atomic mass is 16.4. The van der Waals surface area contributed by atoms with Crippen molar-refractivity contribution in [3.8, 4) is 0 Å². The van der Waals surface area contributed by atoms with Gasteiger partial charge in [-0.25, -0.2) is 14.6 Å². The van der Waals surface area contributed by atoms with Gasteiger partial charge in [-0.15, -0.1) is 5.10 Å². The lowest BCUT2D eigenvalue weighted by atomic mass is 10.1. The lowest BCUT2D eigenvalue weighted by molar-refractivity contribution is 0.0976. The lowest BCUT2D eigenvalue weighted by Gasteiger charge is -1.98. The van der Waals surface area contributed by atoms with Crippen LogP contribution in [-0.4, -0.2) is 35.1 Å². The van der Waals surface area contributed by atoms with Crippen LogP contribution in [0.4, 0.5) is 6.01 Å². The summed E-state index contributed by atoms with van der Waals surface area (Å²) in [5.74, 6) is 1.17. The topological polar surface area (TPSA) is 117 Å². The molecule has 1 aliphatic carbocycles. The van der Waals surface area contributed by atoms with Crippen molar-refractivity contribution in [2.24, 2.45) is 0 Å². The number of carbonyl (C=O) groups is 1. The van der Waals surface area contributed by atoms with Crippen molar-refractivity contribution < 1.29 is 9.21 Å². The predicted molar refractivity (Wildman–Crippen MR) is 99.9 cm³/mol. The molecule has 0 saturated heterocycles. The maximum absolute atomic E-state index is 12.3. The highest BCUT2D eigenvalue weighted by molar-refractivity contribution is 5.93. The van der Waals surface area contributed by atoms with E-state index in [1.807, 2.05) is 12.3 Å². The van der Waals surface area contributed by atoms with Crippen molar-refractivity contribution in [1.29, 1.82) is 0 Å². The highest BCUT2D eigenvalue weighted by Gasteiger charge is 2.23. The monoisotopic (exact) mass is 377 g/mol. The number of imidazole rings is 1. The Balaban J connectivity index is 1.25. The van der Waals surface area contributed by atoms with Gasteiger partial charge in [0, 0.05) is 25.2 Å². The van der Waals surface area contributed by atoms with Crippen LogP contribution in [0.15, 0.2) is 41.3 Å². The molecule has 0 radical (unpaired) electrons. The number of nitrogen functional groups attached to an aromatic ring is 1. The molecule has 28 heavy (non-hydrogen) atoms. The Labute approximate surface area is 160 Å². The molecule has 0 bridgehead atoms. The minimum absolute atomic E-state index is 0.102. The molecule has 0 unspecified atom stereocenters. The van der Waals surface area contributed by atoms with E-state index in [-0.39, 0.29) is 18.2 Å². The molecule has 0 spiro atoms. The Bertz CT molecular complexity index is 1150. The van der Waals surface area contributed by atoms with Crippen molar-refractivity contribution in [3.05, 3.63) is 59.6 Å². The Morgan fingerprint density at radius 2 is 2.14 bits per heavy atom. The van der Waals surface area contributed by atoms with E-state index in [1.54, 1.807) is 10.9 Å². The van der Waals surface area contributed by atoms with Gasteiger partial charge in [-0.1, -0.05) is 11.3 Å². The quantitative estimate of drug-likeness (QED) is 0.491. The first-order chi connectivity index (χ1) is 13.6. The van der Waals surface area contributed by atoms with Crippen LogP contribution in [0.2, 0.25) is 0 Å². The fourth-order valence-corrected chi connectivity index (χ4v) is 3.27. The first-order valence-electron chi connectivity index (χ1n) is 9.25. The molecule has 0 aliphatic heterocycles. The summed E-state index contributed by atoms with van der Waals surface area (Å²) in [7, 11) is 0. The molecule has 0 atom stereocenters. The number of hydrogen-bond donors (Lipinski definition) is 1. The molecule has 1 fully saturated rings. The Hall–Kier alpha value is -3.49. The lowest BCUT2D eigenvalue weighted by Crippen LogP contribution is -2.02. The van der Waals surface area contributed by atoms with Gasteiger partial charge in [-0.3, -0.25) is 4.79 Å². The van der Waals surface area contributed by atoms with Crippen molar-refractivity contribution in [2.45, 2.75) is 38.1 Å². The second kappa shape index (κ2) is 6.59. The van der Waals surface area contributed by atoms with Crippen LogP contribution >= 0.6 is 0 Å². The molecular formula is C19H19N7O2. The van der Waals surface area contributed by atoms with E-state index < -0.39 is 0 Å². The number of nitrogens with zero attached hydrogens (tertiary/aromatic N) is 6. The largest absolute Gasteiger partial charge is 0.429 e. The Morgan fingerprint density at radius 3 is 2.93 bits per heavy atom. The molecule has 4 heterocycles. The maximum atomic E-state index is 12.3. The second-order valence-corrected chi connectivity index (χ2v) is 7.12. The average molecular weight is 377 g/mol. The third-order valence-corrected chi connectivity index (χ3v) is 4.89. The molecule has 9 nitrogen and oxygen atoms in total. The summed E-state index contributed by atoms with van der Waals surface area (Å²) in [5.41, 5.74) is 8.89. The molecule has 142 valence electrons. The van der Waals surface area contributed by atoms with Gasteiger partial charge < -0.3 is 14.6 Å². The van der Waals surface area contributed by atoms with Gasteiger partial charge in [-0.05, 0) is 30.4 Å². The smallest absolute Gasteiger partial charge is 0.292 e. The molecule has 1 aliphatic rings. The molecular weight excluding hydrogens is 358 g/mol. The van der Waals surface area contributed by atoms with Crippen LogP contribution in [0.25, 0.3) is 5.65 Å². The van der Waals surface area contributed by atoms with E-state index in [4.69, 9.17) is 10.2 Å². The number of oxazole rings is 1. The number of aryl methyl sites for hydroxylation is 1. The number of carbonyl (C=O) groups excluding carboxylic acids is 1. The number of ketones is 1. The number of aromatic nitrogens is 6. The number of anilines is 1. The van der Waals surface area contributed by atoms with Crippen LogP contribution in [0.3, 0.4) is 0 Å². The summed E-state index contributed by atoms with van der Waals surface area (Å²) in [6.45, 7) is 0.458. The summed E-state index contributed by atoms with van der Waals surface area (Å²) >= 11 is 0. The minimum Gasteiger partial charge on any atom is -0.429 e. The Kier molecular flexibility index (Phi) is 3.92. The fraction of sp³-hybridized carbons (Fsp3) is 0.316. The van der Waals surface area contributed by atoms with Gasteiger partial charge in [0.05, 0.1) is 24.6 Å². The number of hydrogen-bond acceptors (Lipinski definition) is 7. The van der Waals surface area contributed by atoms with Gasteiger partial charge in [0.2, 0.25) is 0 Å². The molecule has 1 saturated carbocycles. The van der Waals surface area contributed by atoms with Crippen molar-refractivity contribution in [1.82, 2.24) is 29.4 Å². The first kappa shape index (κ1) is 16.7. The van der Waals surface area contributed by atoms with Crippen LogP contribution in [-0.2, 0) is 13.0 Å². The van der Waals surface area contributed by atoms with Crippen molar-refractivity contribution >= 4 is 17.4 Å². The summed E-state index contributed by atoms with van der Waals surface area (Å²) in [6, 6.07) is 4.30. The fourth-order valence-electron chi connectivity index (χ4n) is 3.27. The zero-order valence-corrected chi connectivity index (χ0v) is 15.2. The van der Waals surface area contributed by atoms with Gasteiger partial charge in [0.1, 0.15) is 17.1 Å². The summed E-state index contributed by atoms with van der Waals surface area (Å²) in [4.78, 5) is 20.7. The van der Waals surface area contributed by atoms with Gasteiger partial charge in [0.25, 0.3) is 6.01 Å². The SMILES string of the molecule is Nc1ncc(CCC(=O)c2cn(Cc3cn4cc(C5CC5)ccc4n3)nn2)o1. The zero-order valence-electron chi connectivity index (χ0n) is 15.2. The zero-order chi connectivity index (χ0) is 19.1. The van der Waals surface area contributed by atoms with Crippen molar-refractivity contribution in [2.75, 3.05) is 5.73 Å². The second-order valence-electron chi connectivity index (χ2n) is 7.12. The van der Waals surface area contributed by atoms with Crippen LogP contribution in [0.1, 0.15) is 52.7 Å². The van der Waals surface area contributed by atoms with Crippen LogP contribution < -0.4 is 5.73 Å². The molecule has 5 rings (SSSR count). The van der Waals surface area contributed by atoms with E-state index in [0.29, 0.717) is 30.3 Å². The predicted octanol–water partition coefficient (Wildman–Crippen LogP) is 2.24. The first-order valence-corrected chi connectivity index (χ1v) is 9.25. The van der Waals surface area contributed by atoms with E-state index in [1.165, 1.54) is 24.6 Å². The Morgan fingerprint density at radius 1 is 1.25 bits per heavy atom. The number of fused-ring (bicyclic) bond motifs is 1. The number of Topliss-reactive ketones (excluding diaryl/α,β-unsaturated/α-hetero) is 1. The number of nitrogens with two attached hydrogens (primary N) is 1. The molecule has 4 aromatic heterocycles. The molecule has 9 heteroatoms. The maximum Gasteiger partial charge on any atom is 0.292 e. The van der Waals surface area contributed by atoms with E-state index in [0.717, 1.165) is 11.3 Å². The van der Waals surface area contributed by atoms with Gasteiger partial charge in [0.15, 0.2) is 5.78 Å². The molecule has 0 amide bonds. The summed E-state index contributed by atoms with van der Waals surface area (Å²) in [6.07, 6.45) is 10.5. The van der Waals surface area contributed by atoms with Gasteiger partial charge >= 0.3 is 0 Å². The number of rotatable bonds is 7. The normalized spacial score (nSPS) is 14.0. The average Bonchev–Trinajstić information content (AvgIpc) is 3.09. The molecule has 0 aromatic carbocycles. The van der Waals surface area contributed by atoms with Gasteiger partial charge in [-0.2, -0.15) is 0 Å². The third kappa shape index (κ3) is 3.38. The standard InChI is InChI=1S/C19H19N7O2/c20-19-21-7-15(28-19)4-5-17(27)16-11-26(24-23-16)10-14-9-25-8-13(12-1-2-12)3-6-18(25)22-14/h3,6-9,11-12H,1-2,4-5,10H2,(H2,20,21). The summed E-state index contributed by atoms with van der Waals surface area (Å²) < 4.78 is 8.85. The van der Waals surface area contributed by atoms with E-state index >= 15 is 0 Å². The minimum atomic E-state index is -0.106. The van der Waals surface area contributed by atoms with Crippen LogP contribution in [0.5, 0.6) is 0 Å². The highest BCUT2D eigenvalue weighted by Crippen LogP contribution is 2.39. The van der Waals surface area contributed by atoms with Crippen molar-refractivity contribution in [3.63, 3.8) is 0 Å². The van der Waals surface area contributed by atoms with E-state index in [2.05, 4.69) is 36.9 Å². The molecule has 2 N–H and O–H groups in total.